The average Bonchev–Trinajstić information content (AvgIpc) is 3.49. The van der Waals surface area contributed by atoms with E-state index in [2.05, 4.69) is 27.5 Å². The summed E-state index contributed by atoms with van der Waals surface area (Å²) in [7, 11) is 1.67. The topological polar surface area (TPSA) is 76.8 Å². The lowest BCUT2D eigenvalue weighted by Crippen LogP contribution is -2.36. The first-order valence-electron chi connectivity index (χ1n) is 11.4. The summed E-state index contributed by atoms with van der Waals surface area (Å²) in [6.07, 6.45) is 2.38. The van der Waals surface area contributed by atoms with Crippen molar-refractivity contribution >= 4 is 5.91 Å². The molecule has 3 aromatic rings. The number of amides is 1. The Balaban J connectivity index is 1.36. The maximum Gasteiger partial charge on any atom is 0.251 e. The minimum Gasteiger partial charge on any atom is -0.497 e. The summed E-state index contributed by atoms with van der Waals surface area (Å²) in [4.78, 5) is 15.3. The summed E-state index contributed by atoms with van der Waals surface area (Å²) in [6.45, 7) is 6.78. The number of likely N-dealkylation sites (tertiary alicyclic amines) is 1. The van der Waals surface area contributed by atoms with E-state index in [1.807, 2.05) is 38.1 Å². The first-order valence-corrected chi connectivity index (χ1v) is 11.4. The zero-order valence-corrected chi connectivity index (χ0v) is 19.5. The van der Waals surface area contributed by atoms with Crippen LogP contribution >= 0.6 is 0 Å². The van der Waals surface area contributed by atoms with E-state index in [9.17, 15) is 4.79 Å². The third kappa shape index (κ3) is 5.54. The predicted molar refractivity (Wildman–Crippen MR) is 126 cm³/mol. The lowest BCUT2D eigenvalue weighted by Gasteiger charge is -2.28. The Morgan fingerprint density at radius 2 is 1.73 bits per heavy atom. The predicted octanol–water partition coefficient (Wildman–Crippen LogP) is 4.45. The van der Waals surface area contributed by atoms with Crippen molar-refractivity contribution in [3.8, 4) is 11.5 Å². The second-order valence-corrected chi connectivity index (χ2v) is 8.36. The van der Waals surface area contributed by atoms with Crippen LogP contribution < -0.4 is 14.8 Å². The highest BCUT2D eigenvalue weighted by molar-refractivity contribution is 5.94. The Kier molecular flexibility index (Phi) is 7.29. The molecule has 0 radical (unpaired) electrons. The van der Waals surface area contributed by atoms with Crippen LogP contribution in [0.25, 0.3) is 0 Å². The van der Waals surface area contributed by atoms with Gasteiger partial charge in [0.15, 0.2) is 0 Å². The molecule has 1 N–H and O–H groups in total. The van der Waals surface area contributed by atoms with Gasteiger partial charge in [0.05, 0.1) is 24.4 Å². The summed E-state index contributed by atoms with van der Waals surface area (Å²) in [6, 6.07) is 15.5. The SMILES string of the molecule is COc1ccc([C@@H](CNC(=O)c2ccc(OCc3c(C)noc3C)cc2)N2CCCC2)cc1. The lowest BCUT2D eigenvalue weighted by atomic mass is 10.0. The van der Waals surface area contributed by atoms with Crippen molar-refractivity contribution < 1.29 is 18.8 Å². The van der Waals surface area contributed by atoms with E-state index >= 15 is 0 Å². The van der Waals surface area contributed by atoms with E-state index in [1.54, 1.807) is 19.2 Å². The van der Waals surface area contributed by atoms with Gasteiger partial charge in [-0.3, -0.25) is 9.69 Å². The molecule has 0 bridgehead atoms. The molecule has 0 saturated carbocycles. The molecule has 0 unspecified atom stereocenters. The fraction of sp³-hybridized carbons (Fsp3) is 0.385. The molecule has 7 heteroatoms. The van der Waals surface area contributed by atoms with Crippen molar-refractivity contribution in [1.29, 1.82) is 0 Å². The fourth-order valence-corrected chi connectivity index (χ4v) is 4.19. The molecule has 1 atom stereocenters. The number of aryl methyl sites for hydroxylation is 2. The smallest absolute Gasteiger partial charge is 0.251 e. The number of benzene rings is 2. The monoisotopic (exact) mass is 449 g/mol. The number of rotatable bonds is 9. The van der Waals surface area contributed by atoms with Crippen molar-refractivity contribution in [3.05, 3.63) is 76.7 Å². The number of ether oxygens (including phenoxy) is 2. The zero-order chi connectivity index (χ0) is 23.2. The number of carbonyl (C=O) groups excluding carboxylic acids is 1. The van der Waals surface area contributed by atoms with Crippen LogP contribution in [-0.4, -0.2) is 42.7 Å². The van der Waals surface area contributed by atoms with Crippen LogP contribution in [-0.2, 0) is 6.61 Å². The minimum atomic E-state index is -0.0926. The van der Waals surface area contributed by atoms with Crippen LogP contribution in [0.4, 0.5) is 0 Å². The van der Waals surface area contributed by atoms with E-state index in [0.29, 0.717) is 24.5 Å². The molecule has 2 aromatic carbocycles. The maximum atomic E-state index is 12.8. The Morgan fingerprint density at radius 3 is 2.33 bits per heavy atom. The highest BCUT2D eigenvalue weighted by Gasteiger charge is 2.24. The third-order valence-electron chi connectivity index (χ3n) is 6.22. The molecule has 1 aliphatic rings. The van der Waals surface area contributed by atoms with Crippen molar-refractivity contribution in [2.45, 2.75) is 39.3 Å². The molecule has 1 saturated heterocycles. The van der Waals surface area contributed by atoms with Crippen molar-refractivity contribution in [1.82, 2.24) is 15.4 Å². The molecule has 2 heterocycles. The number of hydrogen-bond donors (Lipinski definition) is 1. The lowest BCUT2D eigenvalue weighted by molar-refractivity contribution is 0.0938. The number of hydrogen-bond acceptors (Lipinski definition) is 6. The van der Waals surface area contributed by atoms with Gasteiger partial charge in [0.1, 0.15) is 23.9 Å². The highest BCUT2D eigenvalue weighted by atomic mass is 16.5. The summed E-state index contributed by atoms with van der Waals surface area (Å²) in [5.41, 5.74) is 3.56. The molecule has 1 fully saturated rings. The van der Waals surface area contributed by atoms with E-state index in [-0.39, 0.29) is 11.9 Å². The molecule has 0 aliphatic carbocycles. The van der Waals surface area contributed by atoms with Gasteiger partial charge < -0.3 is 19.3 Å². The second-order valence-electron chi connectivity index (χ2n) is 8.36. The van der Waals surface area contributed by atoms with E-state index < -0.39 is 0 Å². The Hall–Kier alpha value is -3.32. The molecular weight excluding hydrogens is 418 g/mol. The summed E-state index contributed by atoms with van der Waals surface area (Å²) in [5, 5.41) is 7.06. The van der Waals surface area contributed by atoms with Crippen LogP contribution in [0.15, 0.2) is 53.1 Å². The van der Waals surface area contributed by atoms with E-state index in [4.69, 9.17) is 14.0 Å². The molecule has 0 spiro atoms. The third-order valence-corrected chi connectivity index (χ3v) is 6.22. The Morgan fingerprint density at radius 1 is 1.06 bits per heavy atom. The van der Waals surface area contributed by atoms with Crippen LogP contribution in [0.1, 0.15) is 51.8 Å². The number of methoxy groups -OCH3 is 1. The van der Waals surface area contributed by atoms with Crippen LogP contribution in [0.3, 0.4) is 0 Å². The number of nitrogens with zero attached hydrogens (tertiary/aromatic N) is 2. The molecule has 33 heavy (non-hydrogen) atoms. The van der Waals surface area contributed by atoms with Crippen molar-refractivity contribution in [3.63, 3.8) is 0 Å². The second kappa shape index (κ2) is 10.5. The Bertz CT molecular complexity index is 1030. The number of nitrogens with one attached hydrogen (secondary N) is 1. The largest absolute Gasteiger partial charge is 0.497 e. The highest BCUT2D eigenvalue weighted by Crippen LogP contribution is 2.26. The first kappa shape index (κ1) is 22.9. The maximum absolute atomic E-state index is 12.8. The first-order chi connectivity index (χ1) is 16.0. The van der Waals surface area contributed by atoms with Gasteiger partial charge in [-0.25, -0.2) is 0 Å². The quantitative estimate of drug-likeness (QED) is 0.520. The molecular formula is C26H31N3O4. The van der Waals surface area contributed by atoms with Crippen molar-refractivity contribution in [2.24, 2.45) is 0 Å². The standard InChI is InChI=1S/C26H31N3O4/c1-18-24(19(2)33-28-18)17-32-23-12-8-21(9-13-23)26(30)27-16-25(29-14-4-5-15-29)20-6-10-22(31-3)11-7-20/h6-13,25H,4-5,14-17H2,1-3H3,(H,27,30)/t25-/m1/s1. The number of aromatic nitrogens is 1. The zero-order valence-electron chi connectivity index (χ0n) is 19.5. The van der Waals surface area contributed by atoms with Crippen LogP contribution in [0, 0.1) is 13.8 Å². The molecule has 1 aromatic heterocycles. The van der Waals surface area contributed by atoms with Gasteiger partial charge in [0.2, 0.25) is 0 Å². The molecule has 7 nitrogen and oxygen atoms in total. The molecule has 1 aliphatic heterocycles. The van der Waals surface area contributed by atoms with Gasteiger partial charge in [-0.15, -0.1) is 0 Å². The number of carbonyl (C=O) groups is 1. The molecule has 1 amide bonds. The minimum absolute atomic E-state index is 0.0926. The molecule has 4 rings (SSSR count). The summed E-state index contributed by atoms with van der Waals surface area (Å²) >= 11 is 0. The summed E-state index contributed by atoms with van der Waals surface area (Å²) < 4.78 is 16.3. The van der Waals surface area contributed by atoms with Gasteiger partial charge in [0.25, 0.3) is 5.91 Å². The van der Waals surface area contributed by atoms with Gasteiger partial charge >= 0.3 is 0 Å². The average molecular weight is 450 g/mol. The van der Waals surface area contributed by atoms with Gasteiger partial charge in [0, 0.05) is 12.1 Å². The van der Waals surface area contributed by atoms with E-state index in [1.165, 1.54) is 18.4 Å². The van der Waals surface area contributed by atoms with Gasteiger partial charge in [-0.2, -0.15) is 0 Å². The van der Waals surface area contributed by atoms with E-state index in [0.717, 1.165) is 35.9 Å². The van der Waals surface area contributed by atoms with Crippen molar-refractivity contribution in [2.75, 3.05) is 26.7 Å². The van der Waals surface area contributed by atoms with Gasteiger partial charge in [-0.05, 0) is 81.7 Å². The van der Waals surface area contributed by atoms with Crippen LogP contribution in [0.5, 0.6) is 11.5 Å². The normalized spacial score (nSPS) is 14.8. The molecule has 174 valence electrons. The summed E-state index contributed by atoms with van der Waals surface area (Å²) in [5.74, 6) is 2.19. The van der Waals surface area contributed by atoms with Crippen LogP contribution in [0.2, 0.25) is 0 Å². The Labute approximate surface area is 194 Å². The fourth-order valence-electron chi connectivity index (χ4n) is 4.19. The van der Waals surface area contributed by atoms with Gasteiger partial charge in [-0.1, -0.05) is 17.3 Å².